The zero-order chi connectivity index (χ0) is 13.8. The Labute approximate surface area is 124 Å². The summed E-state index contributed by atoms with van der Waals surface area (Å²) in [6.07, 6.45) is 8.33. The van der Waals surface area contributed by atoms with E-state index in [4.69, 9.17) is 0 Å². The van der Waals surface area contributed by atoms with Crippen LogP contribution >= 0.6 is 11.8 Å². The molecule has 1 fully saturated rings. The molecule has 0 amide bonds. The molecule has 4 heteroatoms. The highest BCUT2D eigenvalue weighted by Gasteiger charge is 2.35. The molecule has 1 aliphatic rings. The summed E-state index contributed by atoms with van der Waals surface area (Å²) in [5.41, 5.74) is 2.21. The van der Waals surface area contributed by atoms with E-state index in [2.05, 4.69) is 34.9 Å². The van der Waals surface area contributed by atoms with Gasteiger partial charge in [0.1, 0.15) is 0 Å². The van der Waals surface area contributed by atoms with E-state index in [-0.39, 0.29) is 0 Å². The van der Waals surface area contributed by atoms with E-state index in [9.17, 15) is 0 Å². The zero-order valence-electron chi connectivity index (χ0n) is 11.9. The SMILES string of the molecule is CSC1(CNCc2ccn(-c3ccccc3)n2)CCC1. The number of aromatic nitrogens is 2. The number of benzene rings is 1. The van der Waals surface area contributed by atoms with Gasteiger partial charge in [-0.05, 0) is 37.3 Å². The molecule has 1 heterocycles. The number of nitrogens with one attached hydrogen (secondary N) is 1. The third-order valence-corrected chi connectivity index (χ3v) is 5.53. The van der Waals surface area contributed by atoms with E-state index >= 15 is 0 Å². The number of hydrogen-bond acceptors (Lipinski definition) is 3. The summed E-state index contributed by atoms with van der Waals surface area (Å²) in [4.78, 5) is 0. The summed E-state index contributed by atoms with van der Waals surface area (Å²) < 4.78 is 2.42. The standard InChI is InChI=1S/C16H21N3S/c1-20-16(9-5-10-16)13-17-12-14-8-11-19(18-14)15-6-3-2-4-7-15/h2-4,6-8,11,17H,5,9-10,12-13H2,1H3. The molecular weight excluding hydrogens is 266 g/mol. The Morgan fingerprint density at radius 3 is 2.70 bits per heavy atom. The average Bonchev–Trinajstić information content (AvgIpc) is 2.92. The van der Waals surface area contributed by atoms with Crippen LogP contribution < -0.4 is 5.32 Å². The summed E-state index contributed by atoms with van der Waals surface area (Å²) in [5.74, 6) is 0. The van der Waals surface area contributed by atoms with Crippen molar-refractivity contribution >= 4 is 11.8 Å². The average molecular weight is 287 g/mol. The van der Waals surface area contributed by atoms with Crippen LogP contribution in [0.25, 0.3) is 5.69 Å². The Morgan fingerprint density at radius 1 is 1.25 bits per heavy atom. The molecule has 0 saturated heterocycles. The van der Waals surface area contributed by atoms with Gasteiger partial charge in [-0.3, -0.25) is 0 Å². The molecule has 2 aromatic rings. The zero-order valence-corrected chi connectivity index (χ0v) is 12.7. The van der Waals surface area contributed by atoms with Crippen LogP contribution in [0.15, 0.2) is 42.6 Å². The smallest absolute Gasteiger partial charge is 0.0766 e. The third kappa shape index (κ3) is 2.91. The maximum atomic E-state index is 4.62. The highest BCUT2D eigenvalue weighted by Crippen LogP contribution is 2.42. The van der Waals surface area contributed by atoms with Crippen LogP contribution in [0.3, 0.4) is 0 Å². The summed E-state index contributed by atoms with van der Waals surface area (Å²) in [5, 5.41) is 8.18. The molecule has 106 valence electrons. The van der Waals surface area contributed by atoms with Crippen molar-refractivity contribution in [2.24, 2.45) is 0 Å². The first-order valence-electron chi connectivity index (χ1n) is 7.17. The monoisotopic (exact) mass is 287 g/mol. The fourth-order valence-electron chi connectivity index (χ4n) is 2.62. The predicted molar refractivity (Wildman–Crippen MR) is 85.4 cm³/mol. The number of para-hydroxylation sites is 1. The molecule has 1 aliphatic carbocycles. The number of rotatable bonds is 6. The minimum Gasteiger partial charge on any atom is -0.310 e. The Hall–Kier alpha value is -1.26. The molecule has 1 aromatic carbocycles. The maximum Gasteiger partial charge on any atom is 0.0766 e. The second-order valence-corrected chi connectivity index (χ2v) is 6.71. The number of nitrogens with zero attached hydrogens (tertiary/aromatic N) is 2. The second kappa shape index (κ2) is 6.02. The van der Waals surface area contributed by atoms with Crippen molar-refractivity contribution < 1.29 is 0 Å². The lowest BCUT2D eigenvalue weighted by molar-refractivity contribution is 0.345. The van der Waals surface area contributed by atoms with Crippen LogP contribution in [-0.4, -0.2) is 27.3 Å². The summed E-state index contributed by atoms with van der Waals surface area (Å²) in [7, 11) is 0. The van der Waals surface area contributed by atoms with Gasteiger partial charge >= 0.3 is 0 Å². The Bertz CT molecular complexity index is 540. The lowest BCUT2D eigenvalue weighted by atomic mass is 9.84. The largest absolute Gasteiger partial charge is 0.310 e. The van der Waals surface area contributed by atoms with Crippen molar-refractivity contribution in [3.05, 3.63) is 48.3 Å². The van der Waals surface area contributed by atoms with Gasteiger partial charge in [0.25, 0.3) is 0 Å². The molecule has 3 nitrogen and oxygen atoms in total. The Kier molecular flexibility index (Phi) is 4.13. The topological polar surface area (TPSA) is 29.9 Å². The van der Waals surface area contributed by atoms with Crippen molar-refractivity contribution in [2.45, 2.75) is 30.6 Å². The molecule has 0 atom stereocenters. The van der Waals surface area contributed by atoms with Gasteiger partial charge in [-0.2, -0.15) is 16.9 Å². The third-order valence-electron chi connectivity index (χ3n) is 4.12. The van der Waals surface area contributed by atoms with Gasteiger partial charge in [-0.25, -0.2) is 4.68 Å². The van der Waals surface area contributed by atoms with Crippen molar-refractivity contribution in [1.29, 1.82) is 0 Å². The summed E-state index contributed by atoms with van der Waals surface area (Å²) >= 11 is 2.01. The van der Waals surface area contributed by atoms with Gasteiger partial charge < -0.3 is 5.32 Å². The summed E-state index contributed by atoms with van der Waals surface area (Å²) in [6, 6.07) is 12.3. The molecule has 1 aromatic heterocycles. The van der Waals surface area contributed by atoms with E-state index in [0.29, 0.717) is 4.75 Å². The quantitative estimate of drug-likeness (QED) is 0.884. The van der Waals surface area contributed by atoms with E-state index in [1.54, 1.807) is 0 Å². The minimum atomic E-state index is 0.488. The molecular formula is C16H21N3S. The van der Waals surface area contributed by atoms with Crippen LogP contribution in [0.1, 0.15) is 25.0 Å². The molecule has 1 N–H and O–H groups in total. The number of thioether (sulfide) groups is 1. The molecule has 0 aliphatic heterocycles. The van der Waals surface area contributed by atoms with Crippen molar-refractivity contribution in [2.75, 3.05) is 12.8 Å². The van der Waals surface area contributed by atoms with E-state index in [1.165, 1.54) is 19.3 Å². The molecule has 20 heavy (non-hydrogen) atoms. The first-order valence-corrected chi connectivity index (χ1v) is 8.40. The molecule has 1 saturated carbocycles. The fourth-order valence-corrected chi connectivity index (χ4v) is 3.57. The van der Waals surface area contributed by atoms with Crippen LogP contribution in [0.5, 0.6) is 0 Å². The van der Waals surface area contributed by atoms with Crippen molar-refractivity contribution in [3.63, 3.8) is 0 Å². The van der Waals surface area contributed by atoms with Gasteiger partial charge in [0, 0.05) is 24.0 Å². The van der Waals surface area contributed by atoms with E-state index in [1.807, 2.05) is 40.8 Å². The van der Waals surface area contributed by atoms with Crippen LogP contribution in [0.4, 0.5) is 0 Å². The van der Waals surface area contributed by atoms with Gasteiger partial charge in [0.05, 0.1) is 11.4 Å². The Balaban J connectivity index is 1.55. The Morgan fingerprint density at radius 2 is 2.05 bits per heavy atom. The van der Waals surface area contributed by atoms with Crippen molar-refractivity contribution in [1.82, 2.24) is 15.1 Å². The lowest BCUT2D eigenvalue weighted by Gasteiger charge is -2.40. The van der Waals surface area contributed by atoms with Crippen LogP contribution in [-0.2, 0) is 6.54 Å². The molecule has 0 spiro atoms. The molecule has 0 radical (unpaired) electrons. The summed E-state index contributed by atoms with van der Waals surface area (Å²) in [6.45, 7) is 1.94. The number of hydrogen-bond donors (Lipinski definition) is 1. The molecule has 0 bridgehead atoms. The lowest BCUT2D eigenvalue weighted by Crippen LogP contribution is -2.43. The van der Waals surface area contributed by atoms with Gasteiger partial charge in [0.15, 0.2) is 0 Å². The first-order chi connectivity index (χ1) is 9.81. The fraction of sp³-hybridized carbons (Fsp3) is 0.438. The van der Waals surface area contributed by atoms with Gasteiger partial charge in [-0.1, -0.05) is 24.6 Å². The van der Waals surface area contributed by atoms with Crippen LogP contribution in [0, 0.1) is 0 Å². The highest BCUT2D eigenvalue weighted by atomic mass is 32.2. The first kappa shape index (κ1) is 13.7. The minimum absolute atomic E-state index is 0.488. The van der Waals surface area contributed by atoms with Crippen molar-refractivity contribution in [3.8, 4) is 5.69 Å². The maximum absolute atomic E-state index is 4.62. The molecule has 3 rings (SSSR count). The normalized spacial score (nSPS) is 16.9. The van der Waals surface area contributed by atoms with Gasteiger partial charge in [0.2, 0.25) is 0 Å². The van der Waals surface area contributed by atoms with E-state index in [0.717, 1.165) is 24.5 Å². The van der Waals surface area contributed by atoms with Gasteiger partial charge in [-0.15, -0.1) is 0 Å². The van der Waals surface area contributed by atoms with E-state index < -0.39 is 0 Å². The highest BCUT2D eigenvalue weighted by molar-refractivity contribution is 8.00. The van der Waals surface area contributed by atoms with Crippen LogP contribution in [0.2, 0.25) is 0 Å². The molecule has 0 unspecified atom stereocenters. The second-order valence-electron chi connectivity index (χ2n) is 5.43. The predicted octanol–water partition coefficient (Wildman–Crippen LogP) is 3.25.